The standard InChI is InChI=1S/C23H28BrClN2O3/c1-15-12-19(10-11-20(15)24)30-14-21(28)27(13-17-6-8-18(25)9-7-17)16(2)22(29)26-23(3,4)5/h6-12,16H,13-14H2,1-5H3,(H,26,29)/t16-/m1/s1. The molecule has 1 N–H and O–H groups in total. The number of carbonyl (C=O) groups excluding carboxylic acids is 2. The van der Waals surface area contributed by atoms with Crippen molar-refractivity contribution in [2.75, 3.05) is 6.61 Å². The Morgan fingerprint density at radius 2 is 1.80 bits per heavy atom. The number of nitrogens with one attached hydrogen (secondary N) is 1. The largest absolute Gasteiger partial charge is 0.484 e. The van der Waals surface area contributed by atoms with Crippen LogP contribution in [0, 0.1) is 6.92 Å². The Bertz CT molecular complexity index is 894. The molecule has 162 valence electrons. The molecule has 7 heteroatoms. The predicted octanol–water partition coefficient (Wildman–Crippen LogP) is 5.12. The van der Waals surface area contributed by atoms with Crippen LogP contribution in [0.4, 0.5) is 0 Å². The normalized spacial score (nSPS) is 12.2. The summed E-state index contributed by atoms with van der Waals surface area (Å²) in [6.07, 6.45) is 0. The highest BCUT2D eigenvalue weighted by Crippen LogP contribution is 2.22. The first-order chi connectivity index (χ1) is 14.0. The zero-order valence-corrected chi connectivity index (χ0v) is 20.3. The van der Waals surface area contributed by atoms with Crippen LogP contribution < -0.4 is 10.1 Å². The van der Waals surface area contributed by atoms with Gasteiger partial charge >= 0.3 is 0 Å². The summed E-state index contributed by atoms with van der Waals surface area (Å²) in [5.74, 6) is 0.105. The van der Waals surface area contributed by atoms with E-state index < -0.39 is 11.6 Å². The van der Waals surface area contributed by atoms with E-state index in [0.29, 0.717) is 10.8 Å². The summed E-state index contributed by atoms with van der Waals surface area (Å²) in [5, 5.41) is 3.55. The SMILES string of the molecule is Cc1cc(OCC(=O)N(Cc2ccc(Cl)cc2)[C@H](C)C(=O)NC(C)(C)C)ccc1Br. The maximum atomic E-state index is 13.0. The van der Waals surface area contributed by atoms with Crippen molar-refractivity contribution in [3.8, 4) is 5.75 Å². The van der Waals surface area contributed by atoms with Gasteiger partial charge in [0.1, 0.15) is 11.8 Å². The van der Waals surface area contributed by atoms with E-state index in [1.807, 2.05) is 52.0 Å². The van der Waals surface area contributed by atoms with E-state index in [2.05, 4.69) is 21.2 Å². The van der Waals surface area contributed by atoms with Crippen LogP contribution in [0.15, 0.2) is 46.9 Å². The average Bonchev–Trinajstić information content (AvgIpc) is 2.66. The van der Waals surface area contributed by atoms with Crippen LogP contribution in [-0.4, -0.2) is 34.9 Å². The van der Waals surface area contributed by atoms with Gasteiger partial charge in [0.15, 0.2) is 6.61 Å². The summed E-state index contributed by atoms with van der Waals surface area (Å²) in [7, 11) is 0. The summed E-state index contributed by atoms with van der Waals surface area (Å²) >= 11 is 9.42. The van der Waals surface area contributed by atoms with Gasteiger partial charge in [-0.1, -0.05) is 39.7 Å². The number of hydrogen-bond donors (Lipinski definition) is 1. The lowest BCUT2D eigenvalue weighted by Gasteiger charge is -2.31. The predicted molar refractivity (Wildman–Crippen MR) is 124 cm³/mol. The van der Waals surface area contributed by atoms with Gasteiger partial charge in [-0.3, -0.25) is 9.59 Å². The fraction of sp³-hybridized carbons (Fsp3) is 0.391. The molecule has 1 atom stereocenters. The molecule has 30 heavy (non-hydrogen) atoms. The first-order valence-corrected chi connectivity index (χ1v) is 10.9. The number of aryl methyl sites for hydroxylation is 1. The van der Waals surface area contributed by atoms with Gasteiger partial charge in [-0.2, -0.15) is 0 Å². The van der Waals surface area contributed by atoms with E-state index in [1.54, 1.807) is 25.1 Å². The highest BCUT2D eigenvalue weighted by atomic mass is 79.9. The van der Waals surface area contributed by atoms with Crippen LogP contribution in [0.2, 0.25) is 5.02 Å². The highest BCUT2D eigenvalue weighted by Gasteiger charge is 2.28. The van der Waals surface area contributed by atoms with Crippen molar-refractivity contribution >= 4 is 39.3 Å². The number of carbonyl (C=O) groups is 2. The van der Waals surface area contributed by atoms with Crippen LogP contribution in [-0.2, 0) is 16.1 Å². The molecule has 0 fully saturated rings. The second-order valence-corrected chi connectivity index (χ2v) is 9.55. The van der Waals surface area contributed by atoms with Crippen LogP contribution in [0.5, 0.6) is 5.75 Å². The lowest BCUT2D eigenvalue weighted by molar-refractivity contribution is -0.142. The quantitative estimate of drug-likeness (QED) is 0.580. The van der Waals surface area contributed by atoms with Crippen molar-refractivity contribution in [3.05, 3.63) is 63.1 Å². The van der Waals surface area contributed by atoms with Crippen molar-refractivity contribution in [3.63, 3.8) is 0 Å². The molecule has 0 unspecified atom stereocenters. The molecule has 2 aromatic rings. The fourth-order valence-corrected chi connectivity index (χ4v) is 3.15. The molecule has 0 saturated heterocycles. The third-order valence-electron chi connectivity index (χ3n) is 4.42. The number of hydrogen-bond acceptors (Lipinski definition) is 3. The number of benzene rings is 2. The Kier molecular flexibility index (Phi) is 8.33. The Morgan fingerprint density at radius 1 is 1.17 bits per heavy atom. The number of halogens is 2. The van der Waals surface area contributed by atoms with Crippen LogP contribution in [0.1, 0.15) is 38.8 Å². The molecular weight excluding hydrogens is 468 g/mol. The number of ether oxygens (including phenoxy) is 1. The van der Waals surface area contributed by atoms with Crippen molar-refractivity contribution in [2.24, 2.45) is 0 Å². The molecule has 2 rings (SSSR count). The van der Waals surface area contributed by atoms with Gasteiger partial charge in [0, 0.05) is 21.6 Å². The minimum atomic E-state index is -0.664. The zero-order chi connectivity index (χ0) is 22.5. The summed E-state index contributed by atoms with van der Waals surface area (Å²) in [5.41, 5.74) is 1.49. The summed E-state index contributed by atoms with van der Waals surface area (Å²) < 4.78 is 6.68. The third-order valence-corrected chi connectivity index (χ3v) is 5.57. The third kappa shape index (κ3) is 7.33. The minimum Gasteiger partial charge on any atom is -0.484 e. The van der Waals surface area contributed by atoms with Crippen LogP contribution >= 0.6 is 27.5 Å². The van der Waals surface area contributed by atoms with Crippen molar-refractivity contribution in [1.82, 2.24) is 10.2 Å². The summed E-state index contributed by atoms with van der Waals surface area (Å²) in [4.78, 5) is 27.3. The fourth-order valence-electron chi connectivity index (χ4n) is 2.78. The first-order valence-electron chi connectivity index (χ1n) is 9.71. The van der Waals surface area contributed by atoms with Crippen LogP contribution in [0.25, 0.3) is 0 Å². The number of rotatable bonds is 7. The van der Waals surface area contributed by atoms with Gasteiger partial charge in [-0.05, 0) is 76.1 Å². The van der Waals surface area contributed by atoms with Crippen molar-refractivity contribution in [1.29, 1.82) is 0 Å². The summed E-state index contributed by atoms with van der Waals surface area (Å²) in [6.45, 7) is 9.49. The molecule has 0 spiro atoms. The van der Waals surface area contributed by atoms with E-state index in [1.165, 1.54) is 4.90 Å². The topological polar surface area (TPSA) is 58.6 Å². The Hall–Kier alpha value is -2.05. The molecule has 0 saturated carbocycles. The van der Waals surface area contributed by atoms with Crippen molar-refractivity contribution in [2.45, 2.75) is 52.7 Å². The average molecular weight is 496 g/mol. The highest BCUT2D eigenvalue weighted by molar-refractivity contribution is 9.10. The van der Waals surface area contributed by atoms with E-state index in [9.17, 15) is 9.59 Å². The maximum Gasteiger partial charge on any atom is 0.261 e. The molecule has 0 bridgehead atoms. The van der Waals surface area contributed by atoms with Gasteiger partial charge in [0.2, 0.25) is 5.91 Å². The smallest absolute Gasteiger partial charge is 0.261 e. The zero-order valence-electron chi connectivity index (χ0n) is 18.0. The van der Waals surface area contributed by atoms with Gasteiger partial charge in [0.25, 0.3) is 5.91 Å². The monoisotopic (exact) mass is 494 g/mol. The lowest BCUT2D eigenvalue weighted by Crippen LogP contribution is -2.53. The van der Waals surface area contributed by atoms with Gasteiger partial charge < -0.3 is 15.0 Å². The second-order valence-electron chi connectivity index (χ2n) is 8.26. The Labute approximate surface area is 191 Å². The molecule has 0 aliphatic carbocycles. The minimum absolute atomic E-state index is 0.165. The van der Waals surface area contributed by atoms with Gasteiger partial charge in [-0.25, -0.2) is 0 Å². The van der Waals surface area contributed by atoms with E-state index >= 15 is 0 Å². The maximum absolute atomic E-state index is 13.0. The van der Waals surface area contributed by atoms with E-state index in [-0.39, 0.29) is 25.0 Å². The second kappa shape index (κ2) is 10.3. The molecule has 2 amide bonds. The van der Waals surface area contributed by atoms with E-state index in [4.69, 9.17) is 16.3 Å². The summed E-state index contributed by atoms with van der Waals surface area (Å²) in [6, 6.07) is 12.1. The number of nitrogens with zero attached hydrogens (tertiary/aromatic N) is 1. The molecular formula is C23H28BrClN2O3. The molecule has 0 aliphatic rings. The molecule has 0 heterocycles. The molecule has 0 aliphatic heterocycles. The Morgan fingerprint density at radius 3 is 2.37 bits per heavy atom. The molecule has 0 radical (unpaired) electrons. The number of amides is 2. The van der Waals surface area contributed by atoms with Crippen LogP contribution in [0.3, 0.4) is 0 Å². The first kappa shape index (κ1) is 24.2. The lowest BCUT2D eigenvalue weighted by atomic mass is 10.1. The Balaban J connectivity index is 2.17. The van der Waals surface area contributed by atoms with Crippen molar-refractivity contribution < 1.29 is 14.3 Å². The molecule has 5 nitrogen and oxygen atoms in total. The van der Waals surface area contributed by atoms with E-state index in [0.717, 1.165) is 15.6 Å². The molecule has 0 aromatic heterocycles. The van der Waals surface area contributed by atoms with Gasteiger partial charge in [-0.15, -0.1) is 0 Å². The van der Waals surface area contributed by atoms with Gasteiger partial charge in [0.05, 0.1) is 0 Å². The molecule has 2 aromatic carbocycles.